The minimum absolute atomic E-state index is 0.0481. The molecule has 0 atom stereocenters. The number of amides is 4. The zero-order valence-corrected chi connectivity index (χ0v) is 31.2. The molecule has 0 N–H and O–H groups in total. The molecule has 0 aliphatic carbocycles. The second-order valence-electron chi connectivity index (χ2n) is 13.4. The zero-order chi connectivity index (χ0) is 34.1. The van der Waals surface area contributed by atoms with Crippen LogP contribution in [-0.2, 0) is 0 Å². The minimum Gasteiger partial charge on any atom is -0.268 e. The van der Waals surface area contributed by atoms with Gasteiger partial charge in [0.05, 0.1) is 33.6 Å². The number of para-hydroxylation sites is 1. The lowest BCUT2D eigenvalue weighted by atomic mass is 9.83. The molecule has 3 aromatic rings. The lowest BCUT2D eigenvalue weighted by molar-refractivity contribution is 0.0659. The third-order valence-electron chi connectivity index (χ3n) is 9.25. The predicted octanol–water partition coefficient (Wildman–Crippen LogP) is 10.5. The van der Waals surface area contributed by atoms with Crippen molar-refractivity contribution >= 4 is 71.9 Å². The first-order chi connectivity index (χ1) is 21.6. The number of carbonyl (C=O) groups is 4. The van der Waals surface area contributed by atoms with E-state index in [1.807, 2.05) is 93.5 Å². The summed E-state index contributed by atoms with van der Waals surface area (Å²) in [7, 11) is 0. The van der Waals surface area contributed by atoms with Gasteiger partial charge in [0.15, 0.2) is 0 Å². The summed E-state index contributed by atoms with van der Waals surface area (Å²) in [4.78, 5) is 60.8. The van der Waals surface area contributed by atoms with E-state index in [4.69, 9.17) is 0 Å². The Labute approximate surface area is 288 Å². The van der Waals surface area contributed by atoms with E-state index in [9.17, 15) is 19.2 Å². The SMILES string of the molecule is CC=C(C(=C(C)C(C)C)N1C(=O)c2cc(Br)c3c4c(cc(Br)c(c24)C1=O)C(=O)N(c1c(C(C)C)cccc1C(C)C)C3=O)C(C)C. The Bertz CT molecular complexity index is 1900. The van der Waals surface area contributed by atoms with E-state index in [-0.39, 0.29) is 45.9 Å². The number of imide groups is 2. The maximum Gasteiger partial charge on any atom is 0.267 e. The molecular weight excluding hydrogens is 708 g/mol. The van der Waals surface area contributed by atoms with Crippen LogP contribution < -0.4 is 4.90 Å². The molecule has 0 unspecified atom stereocenters. The summed E-state index contributed by atoms with van der Waals surface area (Å²) >= 11 is 7.26. The third-order valence-corrected chi connectivity index (χ3v) is 10.5. The zero-order valence-electron chi connectivity index (χ0n) is 28.1. The fraction of sp³-hybridized carbons (Fsp3) is 0.368. The van der Waals surface area contributed by atoms with Crippen LogP contribution in [0.1, 0.15) is 134 Å². The molecule has 2 aliphatic heterocycles. The van der Waals surface area contributed by atoms with Gasteiger partial charge in [0.2, 0.25) is 0 Å². The second-order valence-corrected chi connectivity index (χ2v) is 15.1. The molecule has 5 rings (SSSR count). The molecular formula is C38H40Br2N2O4. The number of anilines is 1. The molecule has 0 fully saturated rings. The minimum atomic E-state index is -0.492. The van der Waals surface area contributed by atoms with Gasteiger partial charge in [0.25, 0.3) is 23.6 Å². The number of benzene rings is 3. The second kappa shape index (κ2) is 12.3. The smallest absolute Gasteiger partial charge is 0.267 e. The third kappa shape index (κ3) is 5.03. The van der Waals surface area contributed by atoms with Gasteiger partial charge in [-0.3, -0.25) is 19.2 Å². The van der Waals surface area contributed by atoms with E-state index in [1.165, 1.54) is 9.80 Å². The van der Waals surface area contributed by atoms with E-state index in [2.05, 4.69) is 31.9 Å². The molecule has 0 saturated heterocycles. The van der Waals surface area contributed by atoms with E-state index >= 15 is 0 Å². The summed E-state index contributed by atoms with van der Waals surface area (Å²) < 4.78 is 0.785. The van der Waals surface area contributed by atoms with Gasteiger partial charge in [-0.2, -0.15) is 0 Å². The van der Waals surface area contributed by atoms with Gasteiger partial charge in [0, 0.05) is 19.7 Å². The van der Waals surface area contributed by atoms with Gasteiger partial charge in [-0.15, -0.1) is 0 Å². The monoisotopic (exact) mass is 746 g/mol. The molecule has 0 bridgehead atoms. The molecule has 2 heterocycles. The molecule has 6 nitrogen and oxygen atoms in total. The average Bonchev–Trinajstić information content (AvgIpc) is 2.98. The van der Waals surface area contributed by atoms with E-state index in [0.29, 0.717) is 31.1 Å². The summed E-state index contributed by atoms with van der Waals surface area (Å²) in [6, 6.07) is 9.15. The highest BCUT2D eigenvalue weighted by Gasteiger charge is 2.45. The Morgan fingerprint density at radius 1 is 0.696 bits per heavy atom. The van der Waals surface area contributed by atoms with Gasteiger partial charge >= 0.3 is 0 Å². The van der Waals surface area contributed by atoms with Crippen molar-refractivity contribution in [1.82, 2.24) is 4.90 Å². The van der Waals surface area contributed by atoms with Crippen LogP contribution in [-0.4, -0.2) is 28.5 Å². The lowest BCUT2D eigenvalue weighted by Gasteiger charge is -2.36. The highest BCUT2D eigenvalue weighted by atomic mass is 79.9. The Hall–Kier alpha value is -3.36. The van der Waals surface area contributed by atoms with Gasteiger partial charge in [-0.1, -0.05) is 79.7 Å². The summed E-state index contributed by atoms with van der Waals surface area (Å²) in [5, 5.41) is 0.647. The summed E-state index contributed by atoms with van der Waals surface area (Å²) in [6.45, 7) is 20.2. The van der Waals surface area contributed by atoms with Gasteiger partial charge in [0.1, 0.15) is 0 Å². The molecule has 46 heavy (non-hydrogen) atoms. The van der Waals surface area contributed by atoms with Crippen molar-refractivity contribution in [3.8, 4) is 0 Å². The van der Waals surface area contributed by atoms with Crippen LogP contribution >= 0.6 is 31.9 Å². The van der Waals surface area contributed by atoms with Gasteiger partial charge in [-0.25, -0.2) is 9.80 Å². The number of allylic oxidation sites excluding steroid dienone is 3. The van der Waals surface area contributed by atoms with Crippen LogP contribution in [0.15, 0.2) is 62.2 Å². The molecule has 3 aromatic carbocycles. The average molecular weight is 749 g/mol. The van der Waals surface area contributed by atoms with Crippen molar-refractivity contribution in [3.63, 3.8) is 0 Å². The number of hydrogen-bond donors (Lipinski definition) is 0. The van der Waals surface area contributed by atoms with Crippen LogP contribution in [0.2, 0.25) is 0 Å². The van der Waals surface area contributed by atoms with Crippen molar-refractivity contribution in [2.75, 3.05) is 4.90 Å². The Balaban J connectivity index is 1.84. The molecule has 0 aromatic heterocycles. The van der Waals surface area contributed by atoms with Crippen LogP contribution in [0, 0.1) is 11.8 Å². The van der Waals surface area contributed by atoms with Crippen LogP contribution in [0.5, 0.6) is 0 Å². The normalized spacial score (nSPS) is 15.9. The summed E-state index contributed by atoms with van der Waals surface area (Å²) in [6.07, 6.45) is 1.96. The maximum atomic E-state index is 14.6. The Morgan fingerprint density at radius 3 is 1.61 bits per heavy atom. The molecule has 0 saturated carbocycles. The van der Waals surface area contributed by atoms with Crippen molar-refractivity contribution < 1.29 is 19.2 Å². The molecule has 240 valence electrons. The van der Waals surface area contributed by atoms with Crippen molar-refractivity contribution in [2.24, 2.45) is 11.8 Å². The van der Waals surface area contributed by atoms with Crippen molar-refractivity contribution in [2.45, 2.75) is 81.1 Å². The standard InChI is InChI=1S/C38H40Br2N2O4/c1-11-22(18(4)5)33(21(10)17(2)3)41-35(43)25-15-28(40)32-30-26(16-27(39)31(29(25)30)37(41)45)36(44)42(38(32)46)34-23(19(6)7)13-12-14-24(34)20(8)9/h11-20H,1-10H3. The van der Waals surface area contributed by atoms with E-state index < -0.39 is 23.6 Å². The van der Waals surface area contributed by atoms with Crippen molar-refractivity contribution in [3.05, 3.63) is 95.6 Å². The quantitative estimate of drug-likeness (QED) is 0.178. The number of halogens is 2. The molecule has 2 aliphatic rings. The van der Waals surface area contributed by atoms with Crippen LogP contribution in [0.25, 0.3) is 10.8 Å². The Morgan fingerprint density at radius 2 is 1.17 bits per heavy atom. The molecule has 4 amide bonds. The first kappa shape index (κ1) is 34.0. The number of rotatable bonds is 7. The Kier molecular flexibility index (Phi) is 9.12. The predicted molar refractivity (Wildman–Crippen MR) is 192 cm³/mol. The molecule has 8 heteroatoms. The van der Waals surface area contributed by atoms with Crippen molar-refractivity contribution in [1.29, 1.82) is 0 Å². The van der Waals surface area contributed by atoms with Crippen LogP contribution in [0.3, 0.4) is 0 Å². The number of hydrogen-bond acceptors (Lipinski definition) is 4. The fourth-order valence-electron chi connectivity index (χ4n) is 6.70. The highest BCUT2D eigenvalue weighted by molar-refractivity contribution is 9.10. The van der Waals surface area contributed by atoms with E-state index in [1.54, 1.807) is 12.1 Å². The first-order valence-corrected chi connectivity index (χ1v) is 17.4. The van der Waals surface area contributed by atoms with E-state index in [0.717, 1.165) is 22.3 Å². The summed E-state index contributed by atoms with van der Waals surface area (Å²) in [5.41, 5.74) is 5.81. The van der Waals surface area contributed by atoms with Gasteiger partial charge < -0.3 is 0 Å². The molecule has 0 spiro atoms. The molecule has 0 radical (unpaired) electrons. The fourth-order valence-corrected chi connectivity index (χ4v) is 7.89. The number of carbonyl (C=O) groups excluding carboxylic acids is 4. The summed E-state index contributed by atoms with van der Waals surface area (Å²) in [5.74, 6) is -1.74. The maximum absolute atomic E-state index is 14.6. The topological polar surface area (TPSA) is 74.8 Å². The lowest BCUT2D eigenvalue weighted by Crippen LogP contribution is -2.44. The first-order valence-electron chi connectivity index (χ1n) is 15.8. The largest absolute Gasteiger partial charge is 0.268 e. The highest BCUT2D eigenvalue weighted by Crippen LogP contribution is 2.48. The van der Waals surface area contributed by atoms with Crippen LogP contribution in [0.4, 0.5) is 5.69 Å². The van der Waals surface area contributed by atoms with Gasteiger partial charge in [-0.05, 0) is 104 Å². The number of nitrogens with zero attached hydrogens (tertiary/aromatic N) is 2.